The first-order valence-electron chi connectivity index (χ1n) is 7.77. The van der Waals surface area contributed by atoms with Crippen molar-refractivity contribution in [1.29, 1.82) is 0 Å². The summed E-state index contributed by atoms with van der Waals surface area (Å²) in [5, 5.41) is 10.3. The van der Waals surface area contributed by atoms with E-state index in [1.54, 1.807) is 6.20 Å². The maximum Gasteiger partial charge on any atom is 0.416 e. The molecule has 0 amide bonds. The maximum absolute atomic E-state index is 11.4. The van der Waals surface area contributed by atoms with Crippen molar-refractivity contribution >= 4 is 17.0 Å². The van der Waals surface area contributed by atoms with Gasteiger partial charge in [-0.1, -0.05) is 48.5 Å². The number of nitrogens with two attached hydrogens (primary N) is 1. The van der Waals surface area contributed by atoms with Crippen molar-refractivity contribution in [1.82, 2.24) is 4.57 Å². The summed E-state index contributed by atoms with van der Waals surface area (Å²) < 4.78 is 1.27. The Hall–Kier alpha value is -2.59. The highest BCUT2D eigenvalue weighted by Gasteiger charge is 2.14. The smallest absolute Gasteiger partial charge is 0.416 e. The lowest BCUT2D eigenvalue weighted by Gasteiger charge is -2.11. The Morgan fingerprint density at radius 1 is 1.09 bits per heavy atom. The second kappa shape index (κ2) is 6.67. The number of hydrogen-bond donors (Lipinski definition) is 2. The lowest BCUT2D eigenvalue weighted by Crippen LogP contribution is -2.23. The molecule has 0 aliphatic heterocycles. The number of para-hydroxylation sites is 1. The predicted molar refractivity (Wildman–Crippen MR) is 91.8 cm³/mol. The number of nitrogens with zero attached hydrogens (tertiary/aromatic N) is 1. The van der Waals surface area contributed by atoms with Gasteiger partial charge in [0.1, 0.15) is 0 Å². The van der Waals surface area contributed by atoms with Gasteiger partial charge in [0.15, 0.2) is 0 Å². The Kier molecular flexibility index (Phi) is 4.44. The van der Waals surface area contributed by atoms with Gasteiger partial charge in [0, 0.05) is 17.6 Å². The minimum atomic E-state index is -0.967. The monoisotopic (exact) mass is 308 g/mol. The van der Waals surface area contributed by atoms with E-state index in [1.165, 1.54) is 10.1 Å². The van der Waals surface area contributed by atoms with Crippen LogP contribution in [0, 0.1) is 0 Å². The van der Waals surface area contributed by atoms with Crippen molar-refractivity contribution in [3.63, 3.8) is 0 Å². The Balaban J connectivity index is 1.74. The molecule has 0 spiro atoms. The van der Waals surface area contributed by atoms with Gasteiger partial charge in [-0.25, -0.2) is 4.79 Å². The molecular formula is C19H20N2O2. The molecule has 2 aromatic carbocycles. The van der Waals surface area contributed by atoms with E-state index in [4.69, 9.17) is 5.73 Å². The van der Waals surface area contributed by atoms with Crippen LogP contribution in [0.3, 0.4) is 0 Å². The first-order chi connectivity index (χ1) is 11.1. The largest absolute Gasteiger partial charge is 0.464 e. The van der Waals surface area contributed by atoms with Gasteiger partial charge in [0.2, 0.25) is 0 Å². The summed E-state index contributed by atoms with van der Waals surface area (Å²) in [5.74, 6) is 0. The Bertz CT molecular complexity index is 809. The highest BCUT2D eigenvalue weighted by Crippen LogP contribution is 2.23. The number of carbonyl (C=O) groups is 1. The van der Waals surface area contributed by atoms with E-state index in [9.17, 15) is 9.90 Å². The zero-order valence-corrected chi connectivity index (χ0v) is 12.9. The van der Waals surface area contributed by atoms with E-state index in [0.717, 1.165) is 23.8 Å². The fourth-order valence-electron chi connectivity index (χ4n) is 2.95. The molecule has 0 saturated heterocycles. The normalized spacial score (nSPS) is 12.4. The zero-order valence-electron chi connectivity index (χ0n) is 12.9. The van der Waals surface area contributed by atoms with E-state index in [0.29, 0.717) is 11.9 Å². The molecule has 0 saturated carbocycles. The van der Waals surface area contributed by atoms with Gasteiger partial charge in [-0.2, -0.15) is 0 Å². The molecule has 3 N–H and O–H groups in total. The predicted octanol–water partition coefficient (Wildman–Crippen LogP) is 3.67. The molecule has 0 unspecified atom stereocenters. The molecule has 0 bridgehead atoms. The molecular weight excluding hydrogens is 288 g/mol. The highest BCUT2D eigenvalue weighted by atomic mass is 16.4. The number of benzene rings is 2. The molecule has 1 atom stereocenters. The number of rotatable bonds is 5. The Labute approximate surface area is 135 Å². The van der Waals surface area contributed by atoms with Gasteiger partial charge in [0.25, 0.3) is 0 Å². The number of fused-ring (bicyclic) bond motifs is 1. The molecule has 0 aliphatic rings. The molecule has 1 aromatic heterocycles. The SMILES string of the molecule is N[C@H](CCc1ccccc1)Cc1cn(C(=O)O)c2ccccc12. The number of carboxylic acid groups (broad SMARTS) is 1. The molecule has 4 heteroatoms. The maximum atomic E-state index is 11.4. The number of hydrogen-bond acceptors (Lipinski definition) is 2. The molecule has 4 nitrogen and oxygen atoms in total. The molecule has 118 valence electrons. The van der Waals surface area contributed by atoms with Crippen molar-refractivity contribution in [2.45, 2.75) is 25.3 Å². The van der Waals surface area contributed by atoms with Crippen molar-refractivity contribution in [3.8, 4) is 0 Å². The van der Waals surface area contributed by atoms with Crippen LogP contribution >= 0.6 is 0 Å². The standard InChI is InChI=1S/C19H20N2O2/c20-16(11-10-14-6-2-1-3-7-14)12-15-13-21(19(22)23)18-9-5-4-8-17(15)18/h1-9,13,16H,10-12,20H2,(H,22,23)/t16-/m1/s1. The second-order valence-corrected chi connectivity index (χ2v) is 5.81. The van der Waals surface area contributed by atoms with Gasteiger partial charge in [-0.05, 0) is 36.5 Å². The summed E-state index contributed by atoms with van der Waals surface area (Å²) in [4.78, 5) is 11.4. The third-order valence-electron chi connectivity index (χ3n) is 4.13. The van der Waals surface area contributed by atoms with Gasteiger partial charge < -0.3 is 10.8 Å². The van der Waals surface area contributed by atoms with Crippen LogP contribution in [0.2, 0.25) is 0 Å². The van der Waals surface area contributed by atoms with Crippen LogP contribution in [0.5, 0.6) is 0 Å². The fourth-order valence-corrected chi connectivity index (χ4v) is 2.95. The topological polar surface area (TPSA) is 68.2 Å². The van der Waals surface area contributed by atoms with E-state index in [-0.39, 0.29) is 6.04 Å². The number of aryl methyl sites for hydroxylation is 1. The Morgan fingerprint density at radius 2 is 1.78 bits per heavy atom. The molecule has 0 aliphatic carbocycles. The van der Waals surface area contributed by atoms with Gasteiger partial charge in [-0.15, -0.1) is 0 Å². The van der Waals surface area contributed by atoms with Crippen LogP contribution in [0.25, 0.3) is 10.9 Å². The van der Waals surface area contributed by atoms with Crippen LogP contribution in [-0.2, 0) is 12.8 Å². The molecule has 0 radical (unpaired) electrons. The van der Waals surface area contributed by atoms with Crippen LogP contribution < -0.4 is 5.73 Å². The van der Waals surface area contributed by atoms with Gasteiger partial charge >= 0.3 is 6.09 Å². The summed E-state index contributed by atoms with van der Waals surface area (Å²) in [6, 6.07) is 17.8. The van der Waals surface area contributed by atoms with Gasteiger partial charge in [0.05, 0.1) is 5.52 Å². The molecule has 3 aromatic rings. The van der Waals surface area contributed by atoms with Crippen molar-refractivity contribution < 1.29 is 9.90 Å². The minimum Gasteiger partial charge on any atom is -0.464 e. The minimum absolute atomic E-state index is 0.00302. The van der Waals surface area contributed by atoms with E-state index < -0.39 is 6.09 Å². The summed E-state index contributed by atoms with van der Waals surface area (Å²) in [6.45, 7) is 0. The fraction of sp³-hybridized carbons (Fsp3) is 0.211. The third kappa shape index (κ3) is 3.43. The molecule has 0 fully saturated rings. The third-order valence-corrected chi connectivity index (χ3v) is 4.13. The first kappa shape index (κ1) is 15.3. The lowest BCUT2D eigenvalue weighted by atomic mass is 9.99. The van der Waals surface area contributed by atoms with Gasteiger partial charge in [-0.3, -0.25) is 4.57 Å². The number of aromatic nitrogens is 1. The van der Waals surface area contributed by atoms with E-state index in [1.807, 2.05) is 42.5 Å². The van der Waals surface area contributed by atoms with Crippen LogP contribution in [0.15, 0.2) is 60.8 Å². The summed E-state index contributed by atoms with van der Waals surface area (Å²) in [5.41, 5.74) is 9.25. The molecule has 23 heavy (non-hydrogen) atoms. The van der Waals surface area contributed by atoms with Crippen molar-refractivity contribution in [2.75, 3.05) is 0 Å². The lowest BCUT2D eigenvalue weighted by molar-refractivity contribution is 0.197. The van der Waals surface area contributed by atoms with Crippen molar-refractivity contribution in [3.05, 3.63) is 71.9 Å². The van der Waals surface area contributed by atoms with Crippen molar-refractivity contribution in [2.24, 2.45) is 5.73 Å². The second-order valence-electron chi connectivity index (χ2n) is 5.81. The average molecular weight is 308 g/mol. The summed E-state index contributed by atoms with van der Waals surface area (Å²) in [6.07, 6.45) is 3.20. The van der Waals surface area contributed by atoms with Crippen LogP contribution in [-0.4, -0.2) is 21.8 Å². The summed E-state index contributed by atoms with van der Waals surface area (Å²) in [7, 11) is 0. The molecule has 1 heterocycles. The van der Waals surface area contributed by atoms with E-state index in [2.05, 4.69) is 12.1 Å². The summed E-state index contributed by atoms with van der Waals surface area (Å²) >= 11 is 0. The first-order valence-corrected chi connectivity index (χ1v) is 7.77. The zero-order chi connectivity index (χ0) is 16.2. The highest BCUT2D eigenvalue weighted by molar-refractivity contribution is 5.91. The molecule has 3 rings (SSSR count). The Morgan fingerprint density at radius 3 is 2.52 bits per heavy atom. The quantitative estimate of drug-likeness (QED) is 0.755. The average Bonchev–Trinajstić information content (AvgIpc) is 2.93. The van der Waals surface area contributed by atoms with Crippen LogP contribution in [0.1, 0.15) is 17.5 Å². The van der Waals surface area contributed by atoms with E-state index >= 15 is 0 Å². The van der Waals surface area contributed by atoms with Crippen LogP contribution in [0.4, 0.5) is 4.79 Å².